The van der Waals surface area contributed by atoms with E-state index in [2.05, 4.69) is 13.8 Å². The summed E-state index contributed by atoms with van der Waals surface area (Å²) in [4.78, 5) is 0. The van der Waals surface area contributed by atoms with Crippen molar-refractivity contribution in [2.24, 2.45) is 0 Å². The second-order valence-electron chi connectivity index (χ2n) is 9.01. The number of benzene rings is 2. The van der Waals surface area contributed by atoms with Gasteiger partial charge in [0.05, 0.1) is 0 Å². The number of hydrogen-bond donors (Lipinski definition) is 1. The minimum absolute atomic E-state index is 0.393. The van der Waals surface area contributed by atoms with Gasteiger partial charge in [-0.15, -0.1) is 0 Å². The Hall–Kier alpha value is -1.65. The molecule has 0 bridgehead atoms. The minimum atomic E-state index is -4.39. The van der Waals surface area contributed by atoms with Crippen molar-refractivity contribution in [3.63, 3.8) is 0 Å². The van der Waals surface area contributed by atoms with Gasteiger partial charge >= 0.3 is 0 Å². The van der Waals surface area contributed by atoms with Gasteiger partial charge in [0.1, 0.15) is 4.75 Å². The van der Waals surface area contributed by atoms with Gasteiger partial charge in [-0.2, -0.15) is 8.42 Å². The van der Waals surface area contributed by atoms with E-state index in [1.165, 1.54) is 32.1 Å². The zero-order valence-corrected chi connectivity index (χ0v) is 20.9. The van der Waals surface area contributed by atoms with Crippen LogP contribution in [0.4, 0.5) is 0 Å². The molecule has 3 nitrogen and oxygen atoms in total. The molecule has 0 aromatic heterocycles. The van der Waals surface area contributed by atoms with Crippen molar-refractivity contribution < 1.29 is 13.0 Å². The Balaban J connectivity index is 2.35. The number of hydrogen-bond acceptors (Lipinski definition) is 2. The van der Waals surface area contributed by atoms with Crippen LogP contribution in [0.5, 0.6) is 0 Å². The van der Waals surface area contributed by atoms with E-state index < -0.39 is 14.9 Å². The first kappa shape index (κ1) is 26.6. The monoisotopic (exact) mass is 458 g/mol. The molecule has 1 unspecified atom stereocenters. The minimum Gasteiger partial charge on any atom is -0.285 e. The van der Waals surface area contributed by atoms with E-state index in [1.54, 1.807) is 0 Å². The summed E-state index contributed by atoms with van der Waals surface area (Å²) in [6.07, 6.45) is 13.6. The predicted molar refractivity (Wildman–Crippen MR) is 136 cm³/mol. The van der Waals surface area contributed by atoms with Crippen LogP contribution in [-0.2, 0) is 21.3 Å². The van der Waals surface area contributed by atoms with Gasteiger partial charge < -0.3 is 0 Å². The molecule has 0 amide bonds. The lowest BCUT2D eigenvalue weighted by atomic mass is 9.82. The van der Waals surface area contributed by atoms with Gasteiger partial charge in [-0.3, -0.25) is 4.55 Å². The largest absolute Gasteiger partial charge is 0.285 e. The fourth-order valence-corrected chi connectivity index (χ4v) is 6.08. The fraction of sp³-hybridized carbons (Fsp3) is 0.571. The quantitative estimate of drug-likeness (QED) is 0.204. The zero-order chi connectivity index (χ0) is 23.3. The summed E-state index contributed by atoms with van der Waals surface area (Å²) in [5.41, 5.74) is 2.44. The summed E-state index contributed by atoms with van der Waals surface area (Å²) >= 11 is 0. The Labute approximate surface area is 196 Å². The maximum atomic E-state index is 13.1. The van der Waals surface area contributed by atoms with E-state index in [0.29, 0.717) is 12.0 Å². The van der Waals surface area contributed by atoms with E-state index >= 15 is 0 Å². The summed E-state index contributed by atoms with van der Waals surface area (Å²) in [6, 6.07) is 17.1. The molecule has 1 N–H and O–H groups in total. The molecule has 32 heavy (non-hydrogen) atoms. The molecule has 4 heteroatoms. The van der Waals surface area contributed by atoms with Crippen LogP contribution in [0.15, 0.2) is 54.6 Å². The van der Waals surface area contributed by atoms with Gasteiger partial charge in [-0.25, -0.2) is 0 Å². The van der Waals surface area contributed by atoms with Crippen LogP contribution in [-0.4, -0.2) is 13.0 Å². The maximum absolute atomic E-state index is 13.1. The van der Waals surface area contributed by atoms with Gasteiger partial charge in [0.15, 0.2) is 0 Å². The summed E-state index contributed by atoms with van der Waals surface area (Å²) in [5.74, 6) is 0. The Morgan fingerprint density at radius 2 is 1.22 bits per heavy atom. The van der Waals surface area contributed by atoms with Gasteiger partial charge in [-0.05, 0) is 36.0 Å². The summed E-state index contributed by atoms with van der Waals surface area (Å²) < 4.78 is 35.5. The molecular weight excluding hydrogens is 416 g/mol. The molecule has 0 saturated heterocycles. The van der Waals surface area contributed by atoms with E-state index in [1.807, 2.05) is 54.6 Å². The van der Waals surface area contributed by atoms with Crippen LogP contribution in [0.3, 0.4) is 0 Å². The lowest BCUT2D eigenvalue weighted by molar-refractivity contribution is 0.426. The first-order valence-electron chi connectivity index (χ1n) is 12.6. The average Bonchev–Trinajstić information content (AvgIpc) is 2.79. The maximum Gasteiger partial charge on any atom is 0.279 e. The molecule has 2 rings (SSSR count). The second-order valence-corrected chi connectivity index (χ2v) is 10.7. The van der Waals surface area contributed by atoms with Crippen molar-refractivity contribution in [3.05, 3.63) is 71.3 Å². The molecule has 0 saturated carbocycles. The van der Waals surface area contributed by atoms with E-state index in [0.717, 1.165) is 56.1 Å². The van der Waals surface area contributed by atoms with Crippen molar-refractivity contribution in [2.75, 3.05) is 0 Å². The highest BCUT2D eigenvalue weighted by molar-refractivity contribution is 7.87. The fourth-order valence-electron chi connectivity index (χ4n) is 4.76. The van der Waals surface area contributed by atoms with Crippen LogP contribution in [0.25, 0.3) is 0 Å². The molecule has 0 spiro atoms. The highest BCUT2D eigenvalue weighted by Gasteiger charge is 2.46. The number of aryl methyl sites for hydroxylation is 1. The molecule has 2 aromatic carbocycles. The lowest BCUT2D eigenvalue weighted by Crippen LogP contribution is -2.38. The van der Waals surface area contributed by atoms with Crippen LogP contribution in [0.2, 0.25) is 0 Å². The lowest BCUT2D eigenvalue weighted by Gasteiger charge is -2.34. The van der Waals surface area contributed by atoms with E-state index in [-0.39, 0.29) is 0 Å². The Bertz CT molecular complexity index is 877. The topological polar surface area (TPSA) is 54.4 Å². The van der Waals surface area contributed by atoms with E-state index in [4.69, 9.17) is 0 Å². The predicted octanol–water partition coefficient (Wildman–Crippen LogP) is 8.08. The van der Waals surface area contributed by atoms with Crippen LogP contribution >= 0.6 is 0 Å². The average molecular weight is 459 g/mol. The third-order valence-electron chi connectivity index (χ3n) is 6.56. The van der Waals surface area contributed by atoms with Crippen molar-refractivity contribution in [1.29, 1.82) is 0 Å². The van der Waals surface area contributed by atoms with Gasteiger partial charge in [0.2, 0.25) is 0 Å². The molecule has 0 aliphatic rings. The molecule has 178 valence electrons. The van der Waals surface area contributed by atoms with Crippen LogP contribution < -0.4 is 0 Å². The van der Waals surface area contributed by atoms with Gasteiger partial charge in [0, 0.05) is 0 Å². The highest BCUT2D eigenvalue weighted by Crippen LogP contribution is 2.43. The molecule has 2 aromatic rings. The SMILES string of the molecule is CCCCCCCCCc1ccccc1C(CCCCCC)(c1ccccc1)S(=O)(=O)O. The molecule has 1 atom stereocenters. The highest BCUT2D eigenvalue weighted by atomic mass is 32.2. The van der Waals surface area contributed by atoms with Gasteiger partial charge in [-0.1, -0.05) is 133 Å². The summed E-state index contributed by atoms with van der Waals surface area (Å²) in [7, 11) is -4.39. The Kier molecular flexibility index (Phi) is 11.5. The smallest absolute Gasteiger partial charge is 0.279 e. The van der Waals surface area contributed by atoms with Crippen LogP contribution in [0, 0.1) is 0 Å². The molecule has 0 radical (unpaired) electrons. The van der Waals surface area contributed by atoms with Crippen LogP contribution in [0.1, 0.15) is 108 Å². The standard InChI is InChI=1S/C28H42O3S/c1-3-5-7-9-10-11-13-19-25-20-16-17-23-27(25)28(32(29,30)31,24-18-8-6-4-2)26-21-14-12-15-22-26/h12,14-17,20-23H,3-11,13,18-19,24H2,1-2H3,(H,29,30,31). The molecule has 0 heterocycles. The van der Waals surface area contributed by atoms with E-state index in [9.17, 15) is 13.0 Å². The van der Waals surface area contributed by atoms with Crippen molar-refractivity contribution in [3.8, 4) is 0 Å². The molecule has 0 fully saturated rings. The normalized spacial score (nSPS) is 13.7. The molecular formula is C28H42O3S. The zero-order valence-electron chi connectivity index (χ0n) is 20.1. The first-order valence-corrected chi connectivity index (χ1v) is 14.0. The summed E-state index contributed by atoms with van der Waals surface area (Å²) in [5, 5.41) is 0. The third kappa shape index (κ3) is 7.18. The summed E-state index contributed by atoms with van der Waals surface area (Å²) in [6.45, 7) is 4.37. The number of rotatable bonds is 16. The second kappa shape index (κ2) is 13.8. The first-order chi connectivity index (χ1) is 15.5. The van der Waals surface area contributed by atoms with Crippen molar-refractivity contribution in [1.82, 2.24) is 0 Å². The van der Waals surface area contributed by atoms with Crippen molar-refractivity contribution in [2.45, 2.75) is 102 Å². The van der Waals surface area contributed by atoms with Crippen molar-refractivity contribution >= 4 is 10.1 Å². The third-order valence-corrected chi connectivity index (χ3v) is 8.11. The number of unbranched alkanes of at least 4 members (excludes halogenated alkanes) is 9. The Morgan fingerprint density at radius 1 is 0.688 bits per heavy atom. The molecule has 0 aliphatic carbocycles. The Morgan fingerprint density at radius 3 is 1.84 bits per heavy atom. The molecule has 0 aliphatic heterocycles. The van der Waals surface area contributed by atoms with Gasteiger partial charge in [0.25, 0.3) is 10.1 Å².